The van der Waals surface area contributed by atoms with Gasteiger partial charge in [-0.25, -0.2) is 4.79 Å². The summed E-state index contributed by atoms with van der Waals surface area (Å²) in [6.07, 6.45) is -5.25. The van der Waals surface area contributed by atoms with Crippen molar-refractivity contribution in [3.63, 3.8) is 0 Å². The zero-order valence-corrected chi connectivity index (χ0v) is 15.1. The van der Waals surface area contributed by atoms with Crippen LogP contribution in [0.4, 0.5) is 18.0 Å². The second kappa shape index (κ2) is 6.61. The summed E-state index contributed by atoms with van der Waals surface area (Å²) >= 11 is 5.64. The van der Waals surface area contributed by atoms with Gasteiger partial charge >= 0.3 is 12.2 Å². The van der Waals surface area contributed by atoms with E-state index in [1.165, 1.54) is 6.92 Å². The number of carbonyl (C=O) groups excluding carboxylic acids is 3. The molecule has 0 bridgehead atoms. The van der Waals surface area contributed by atoms with Gasteiger partial charge in [0.25, 0.3) is 11.8 Å². The molecule has 12 heteroatoms. The third-order valence-electron chi connectivity index (χ3n) is 4.75. The van der Waals surface area contributed by atoms with Crippen LogP contribution >= 0.6 is 11.6 Å². The number of benzene rings is 1. The average molecular weight is 422 g/mol. The molecule has 4 N–H and O–H groups in total. The fraction of sp³-hybridized carbons (Fsp3) is 0.438. The number of halogens is 4. The Hall–Kier alpha value is -2.37. The van der Waals surface area contributed by atoms with Gasteiger partial charge in [0.15, 0.2) is 0 Å². The maximum atomic E-state index is 13.1. The first-order chi connectivity index (χ1) is 12.8. The number of amides is 4. The smallest absolute Gasteiger partial charge is 0.345 e. The lowest BCUT2D eigenvalue weighted by atomic mass is 10.0. The maximum absolute atomic E-state index is 13.1. The van der Waals surface area contributed by atoms with Gasteiger partial charge in [-0.15, -0.1) is 0 Å². The summed E-state index contributed by atoms with van der Waals surface area (Å²) in [6.45, 7) is 1.34. The van der Waals surface area contributed by atoms with Crippen LogP contribution in [0.1, 0.15) is 42.5 Å². The van der Waals surface area contributed by atoms with E-state index in [1.807, 2.05) is 5.32 Å². The van der Waals surface area contributed by atoms with Crippen LogP contribution in [0.2, 0.25) is 5.02 Å². The van der Waals surface area contributed by atoms with Crippen LogP contribution in [0.25, 0.3) is 0 Å². The molecular formula is C16H15ClF3N3O5. The van der Waals surface area contributed by atoms with Gasteiger partial charge in [-0.3, -0.25) is 19.8 Å². The minimum atomic E-state index is -4.76. The van der Waals surface area contributed by atoms with E-state index in [4.69, 9.17) is 11.6 Å². The minimum absolute atomic E-state index is 0.109. The third kappa shape index (κ3) is 3.29. The van der Waals surface area contributed by atoms with E-state index in [9.17, 15) is 37.8 Å². The Labute approximate surface area is 161 Å². The van der Waals surface area contributed by atoms with Crippen molar-refractivity contribution in [3.8, 4) is 0 Å². The van der Waals surface area contributed by atoms with E-state index in [1.54, 1.807) is 0 Å². The molecule has 0 saturated carbocycles. The molecule has 2 heterocycles. The van der Waals surface area contributed by atoms with E-state index in [2.05, 4.69) is 5.32 Å². The molecule has 0 spiro atoms. The van der Waals surface area contributed by atoms with Crippen LogP contribution in [0, 0.1) is 0 Å². The zero-order valence-electron chi connectivity index (χ0n) is 14.3. The lowest BCUT2D eigenvalue weighted by Gasteiger charge is -2.32. The van der Waals surface area contributed by atoms with Gasteiger partial charge in [-0.05, 0) is 31.0 Å². The Morgan fingerprint density at radius 1 is 1.32 bits per heavy atom. The fourth-order valence-electron chi connectivity index (χ4n) is 3.42. The number of hydrogen-bond acceptors (Lipinski definition) is 5. The largest absolute Gasteiger partial charge is 0.417 e. The predicted molar refractivity (Wildman–Crippen MR) is 87.5 cm³/mol. The highest BCUT2D eigenvalue weighted by molar-refractivity contribution is 6.31. The van der Waals surface area contributed by atoms with Gasteiger partial charge in [0, 0.05) is 12.0 Å². The highest BCUT2D eigenvalue weighted by atomic mass is 35.5. The number of carbonyl (C=O) groups is 3. The molecule has 1 saturated heterocycles. The van der Waals surface area contributed by atoms with E-state index in [0.29, 0.717) is 11.0 Å². The Bertz CT molecular complexity index is 874. The van der Waals surface area contributed by atoms with Gasteiger partial charge in [-0.1, -0.05) is 11.6 Å². The fourth-order valence-corrected chi connectivity index (χ4v) is 3.69. The van der Waals surface area contributed by atoms with Gasteiger partial charge in [0.1, 0.15) is 6.04 Å². The summed E-state index contributed by atoms with van der Waals surface area (Å²) < 4.78 is 39.3. The van der Waals surface area contributed by atoms with Crippen LogP contribution in [0.5, 0.6) is 0 Å². The molecule has 3 rings (SSSR count). The third-order valence-corrected chi connectivity index (χ3v) is 5.07. The van der Waals surface area contributed by atoms with Crippen molar-refractivity contribution in [1.82, 2.24) is 15.5 Å². The van der Waals surface area contributed by atoms with E-state index < -0.39 is 52.6 Å². The molecule has 2 aliphatic heterocycles. The van der Waals surface area contributed by atoms with Crippen LogP contribution in [-0.2, 0) is 21.7 Å². The number of imide groups is 1. The molecular weight excluding hydrogens is 407 g/mol. The molecule has 8 nitrogen and oxygen atoms in total. The van der Waals surface area contributed by atoms with Crippen LogP contribution in [-0.4, -0.2) is 39.0 Å². The summed E-state index contributed by atoms with van der Waals surface area (Å²) in [6, 6.07) is -1.31. The lowest BCUT2D eigenvalue weighted by molar-refractivity contribution is -0.266. The van der Waals surface area contributed by atoms with Gasteiger partial charge < -0.3 is 15.5 Å². The Morgan fingerprint density at radius 2 is 1.96 bits per heavy atom. The Morgan fingerprint density at radius 3 is 2.50 bits per heavy atom. The highest BCUT2D eigenvalue weighted by Gasteiger charge is 2.51. The highest BCUT2D eigenvalue weighted by Crippen LogP contribution is 2.47. The molecule has 1 fully saturated rings. The van der Waals surface area contributed by atoms with E-state index in [-0.39, 0.29) is 24.0 Å². The van der Waals surface area contributed by atoms with Crippen molar-refractivity contribution in [2.24, 2.45) is 0 Å². The van der Waals surface area contributed by atoms with Gasteiger partial charge in [0.2, 0.25) is 5.91 Å². The van der Waals surface area contributed by atoms with Crippen molar-refractivity contribution in [3.05, 3.63) is 33.8 Å². The quantitative estimate of drug-likeness (QED) is 0.434. The topological polar surface area (TPSA) is 119 Å². The van der Waals surface area contributed by atoms with E-state index >= 15 is 0 Å². The van der Waals surface area contributed by atoms with Crippen molar-refractivity contribution in [2.75, 3.05) is 0 Å². The number of aliphatic hydroxyl groups is 2. The molecule has 0 aliphatic carbocycles. The number of rotatable bonds is 3. The Balaban J connectivity index is 1.85. The summed E-state index contributed by atoms with van der Waals surface area (Å²) in [5, 5.41) is 24.4. The molecule has 0 radical (unpaired) electrons. The van der Waals surface area contributed by atoms with Crippen LogP contribution in [0.3, 0.4) is 0 Å². The second-order valence-corrected chi connectivity index (χ2v) is 6.95. The monoisotopic (exact) mass is 421 g/mol. The molecule has 2 atom stereocenters. The molecule has 2 aliphatic rings. The molecule has 28 heavy (non-hydrogen) atoms. The maximum Gasteiger partial charge on any atom is 0.417 e. The molecule has 4 amide bonds. The normalized spacial score (nSPS) is 23.5. The van der Waals surface area contributed by atoms with Crippen LogP contribution < -0.4 is 10.6 Å². The minimum Gasteiger partial charge on any atom is -0.345 e. The molecule has 2 unspecified atom stereocenters. The van der Waals surface area contributed by atoms with Gasteiger partial charge in [0.05, 0.1) is 16.6 Å². The van der Waals surface area contributed by atoms with Crippen molar-refractivity contribution in [1.29, 1.82) is 0 Å². The predicted octanol–water partition coefficient (Wildman–Crippen LogP) is 1.35. The van der Waals surface area contributed by atoms with Crippen molar-refractivity contribution < 1.29 is 37.8 Å². The van der Waals surface area contributed by atoms with E-state index in [0.717, 1.165) is 6.07 Å². The standard InChI is InChI=1S/C16H15ClF3N3O5/c1-6-7-4-9(15(18,19)20)10(17)5-8(7)16(27,28)23(6)12(24)3-2-11-13(25)22-14(26)21-11/h4-6,11,27-28H,2-3H2,1H3,(H2,21,22,25,26). The second-order valence-electron chi connectivity index (χ2n) is 6.55. The lowest BCUT2D eigenvalue weighted by Crippen LogP contribution is -2.46. The summed E-state index contributed by atoms with van der Waals surface area (Å²) in [4.78, 5) is 35.8. The number of fused-ring (bicyclic) bond motifs is 1. The number of nitrogens with one attached hydrogen (secondary N) is 2. The average Bonchev–Trinajstić information content (AvgIpc) is 2.97. The number of alkyl halides is 3. The first-order valence-corrected chi connectivity index (χ1v) is 8.51. The summed E-state index contributed by atoms with van der Waals surface area (Å²) in [7, 11) is 0. The van der Waals surface area contributed by atoms with Gasteiger partial charge in [-0.2, -0.15) is 13.2 Å². The van der Waals surface area contributed by atoms with Crippen LogP contribution in [0.15, 0.2) is 12.1 Å². The Kier molecular flexibility index (Phi) is 4.80. The molecule has 1 aromatic rings. The van der Waals surface area contributed by atoms with Crippen molar-refractivity contribution >= 4 is 29.4 Å². The molecule has 0 aromatic heterocycles. The van der Waals surface area contributed by atoms with Crippen molar-refractivity contribution in [2.45, 2.75) is 43.9 Å². The summed E-state index contributed by atoms with van der Waals surface area (Å²) in [5.41, 5.74) is -1.60. The number of urea groups is 1. The first kappa shape index (κ1) is 20.4. The number of hydrogen-bond donors (Lipinski definition) is 4. The molecule has 1 aromatic carbocycles. The number of nitrogens with zero attached hydrogens (tertiary/aromatic N) is 1. The SMILES string of the molecule is CC1c2cc(C(F)(F)F)c(Cl)cc2C(O)(O)N1C(=O)CCC1NC(=O)NC1=O. The molecule has 152 valence electrons. The first-order valence-electron chi connectivity index (χ1n) is 8.13. The zero-order chi connectivity index (χ0) is 21.0. The summed E-state index contributed by atoms with van der Waals surface area (Å²) in [5.74, 6) is -4.33.